The largest absolute Gasteiger partial charge is 0.465 e. The number of carbonyl (C=O) groups is 2. The molecule has 176 valence electrons. The number of hydrogen-bond acceptors (Lipinski definition) is 8. The van der Waals surface area contributed by atoms with E-state index in [0.717, 1.165) is 16.7 Å². The van der Waals surface area contributed by atoms with Crippen LogP contribution in [0.25, 0.3) is 22.7 Å². The molecule has 0 bridgehead atoms. The molecule has 34 heavy (non-hydrogen) atoms. The molecule has 0 aliphatic rings. The number of nitrogens with zero attached hydrogens (tertiary/aromatic N) is 3. The molecule has 1 aromatic carbocycles. The molecule has 0 fully saturated rings. The standard InChI is InChI=1S/C24H24N4O4S2/c1-14(2)28-21(18-6-5-11-32-18)26-27-24(28)34-13-19(29)25-22-20(23(30)31-4)17(12-33-22)16-9-7-15(3)8-10-16/h5-12,14H,13H2,1-4H3,(H,25,29). The van der Waals surface area contributed by atoms with Crippen LogP contribution < -0.4 is 5.32 Å². The highest BCUT2D eigenvalue weighted by molar-refractivity contribution is 7.99. The number of nitrogens with one attached hydrogen (secondary N) is 1. The summed E-state index contributed by atoms with van der Waals surface area (Å²) in [5.41, 5.74) is 3.07. The SMILES string of the molecule is COC(=O)c1c(-c2ccc(C)cc2)csc1NC(=O)CSc1nnc(-c2ccco2)n1C(C)C. The van der Waals surface area contributed by atoms with Gasteiger partial charge in [-0.1, -0.05) is 41.6 Å². The fourth-order valence-electron chi connectivity index (χ4n) is 3.41. The lowest BCUT2D eigenvalue weighted by Crippen LogP contribution is -2.16. The van der Waals surface area contributed by atoms with Crippen molar-refractivity contribution >= 4 is 40.0 Å². The molecule has 0 saturated heterocycles. The van der Waals surface area contributed by atoms with Crippen LogP contribution in [0.15, 0.2) is 57.6 Å². The van der Waals surface area contributed by atoms with E-state index in [1.165, 1.54) is 30.2 Å². The van der Waals surface area contributed by atoms with Gasteiger partial charge in [-0.2, -0.15) is 0 Å². The summed E-state index contributed by atoms with van der Waals surface area (Å²) < 4.78 is 12.4. The summed E-state index contributed by atoms with van der Waals surface area (Å²) >= 11 is 2.56. The summed E-state index contributed by atoms with van der Waals surface area (Å²) in [6.45, 7) is 6.03. The Morgan fingerprint density at radius 1 is 1.21 bits per heavy atom. The fourth-order valence-corrected chi connectivity index (χ4v) is 5.25. The van der Waals surface area contributed by atoms with Crippen molar-refractivity contribution in [2.24, 2.45) is 0 Å². The van der Waals surface area contributed by atoms with E-state index in [1.54, 1.807) is 12.3 Å². The Labute approximate surface area is 205 Å². The molecule has 3 aromatic heterocycles. The van der Waals surface area contributed by atoms with Crippen LogP contribution >= 0.6 is 23.1 Å². The number of hydrogen-bond donors (Lipinski definition) is 1. The van der Waals surface area contributed by atoms with Crippen molar-refractivity contribution in [1.82, 2.24) is 14.8 Å². The summed E-state index contributed by atoms with van der Waals surface area (Å²) in [4.78, 5) is 25.4. The number of amides is 1. The van der Waals surface area contributed by atoms with Crippen molar-refractivity contribution in [2.75, 3.05) is 18.2 Å². The van der Waals surface area contributed by atoms with Crippen molar-refractivity contribution in [1.29, 1.82) is 0 Å². The number of anilines is 1. The van der Waals surface area contributed by atoms with Gasteiger partial charge >= 0.3 is 5.97 Å². The van der Waals surface area contributed by atoms with Gasteiger partial charge in [-0.25, -0.2) is 4.79 Å². The van der Waals surface area contributed by atoms with E-state index in [2.05, 4.69) is 15.5 Å². The number of thioether (sulfide) groups is 1. The summed E-state index contributed by atoms with van der Waals surface area (Å²) in [6, 6.07) is 11.5. The van der Waals surface area contributed by atoms with Gasteiger partial charge in [0.25, 0.3) is 0 Å². The van der Waals surface area contributed by atoms with Crippen molar-refractivity contribution in [2.45, 2.75) is 32.0 Å². The van der Waals surface area contributed by atoms with Gasteiger partial charge in [-0.3, -0.25) is 9.36 Å². The number of thiophene rings is 1. The van der Waals surface area contributed by atoms with Gasteiger partial charge in [0.15, 0.2) is 10.9 Å². The summed E-state index contributed by atoms with van der Waals surface area (Å²) in [5, 5.41) is 14.3. The first kappa shape index (κ1) is 23.8. The topological polar surface area (TPSA) is 99.2 Å². The first-order valence-electron chi connectivity index (χ1n) is 10.6. The Morgan fingerprint density at radius 3 is 2.62 bits per heavy atom. The highest BCUT2D eigenvalue weighted by Crippen LogP contribution is 2.36. The van der Waals surface area contributed by atoms with Gasteiger partial charge in [0, 0.05) is 17.0 Å². The lowest BCUT2D eigenvalue weighted by atomic mass is 10.0. The lowest BCUT2D eigenvalue weighted by Gasteiger charge is -2.12. The third-order valence-electron chi connectivity index (χ3n) is 5.05. The minimum absolute atomic E-state index is 0.0703. The van der Waals surface area contributed by atoms with E-state index in [0.29, 0.717) is 27.3 Å². The second-order valence-corrected chi connectivity index (χ2v) is 9.62. The van der Waals surface area contributed by atoms with E-state index in [-0.39, 0.29) is 17.7 Å². The number of methoxy groups -OCH3 is 1. The molecule has 0 spiro atoms. The molecule has 1 amide bonds. The third kappa shape index (κ3) is 4.92. The van der Waals surface area contributed by atoms with Gasteiger partial charge < -0.3 is 14.5 Å². The maximum atomic E-state index is 12.8. The van der Waals surface area contributed by atoms with E-state index in [1.807, 2.05) is 61.1 Å². The molecule has 10 heteroatoms. The quantitative estimate of drug-likeness (QED) is 0.248. The van der Waals surface area contributed by atoms with E-state index < -0.39 is 5.97 Å². The predicted molar refractivity (Wildman–Crippen MR) is 133 cm³/mol. The predicted octanol–water partition coefficient (Wildman–Crippen LogP) is 5.67. The number of aryl methyl sites for hydroxylation is 1. The molecule has 1 N–H and O–H groups in total. The van der Waals surface area contributed by atoms with Crippen molar-refractivity contribution in [3.05, 3.63) is 59.2 Å². The summed E-state index contributed by atoms with van der Waals surface area (Å²) in [6.07, 6.45) is 1.58. The van der Waals surface area contributed by atoms with Crippen LogP contribution in [-0.4, -0.2) is 39.5 Å². The van der Waals surface area contributed by atoms with E-state index >= 15 is 0 Å². The zero-order chi connectivity index (χ0) is 24.2. The van der Waals surface area contributed by atoms with Crippen LogP contribution in [0.4, 0.5) is 5.00 Å². The molecule has 0 saturated carbocycles. The molecule has 8 nitrogen and oxygen atoms in total. The molecule has 0 unspecified atom stereocenters. The second kappa shape index (κ2) is 10.3. The van der Waals surface area contributed by atoms with Crippen LogP contribution in [-0.2, 0) is 9.53 Å². The van der Waals surface area contributed by atoms with E-state index in [9.17, 15) is 9.59 Å². The third-order valence-corrected chi connectivity index (χ3v) is 6.89. The molecule has 4 rings (SSSR count). The van der Waals surface area contributed by atoms with Crippen LogP contribution in [0.2, 0.25) is 0 Å². The Bertz CT molecular complexity index is 1290. The smallest absolute Gasteiger partial charge is 0.341 e. The molecule has 0 radical (unpaired) electrons. The second-order valence-electron chi connectivity index (χ2n) is 7.80. The first-order chi connectivity index (χ1) is 16.4. The van der Waals surface area contributed by atoms with Gasteiger partial charge in [0.2, 0.25) is 11.7 Å². The van der Waals surface area contributed by atoms with Crippen molar-refractivity contribution in [3.63, 3.8) is 0 Å². The van der Waals surface area contributed by atoms with Gasteiger partial charge in [-0.05, 0) is 38.5 Å². The highest BCUT2D eigenvalue weighted by atomic mass is 32.2. The molecule has 3 heterocycles. The minimum Gasteiger partial charge on any atom is -0.465 e. The van der Waals surface area contributed by atoms with E-state index in [4.69, 9.17) is 9.15 Å². The maximum Gasteiger partial charge on any atom is 0.341 e. The molecule has 0 atom stereocenters. The Balaban J connectivity index is 1.52. The number of esters is 1. The average Bonchev–Trinajstić information content (AvgIpc) is 3.57. The lowest BCUT2D eigenvalue weighted by molar-refractivity contribution is -0.113. The normalized spacial score (nSPS) is 11.1. The van der Waals surface area contributed by atoms with Crippen molar-refractivity contribution < 1.29 is 18.7 Å². The number of aromatic nitrogens is 3. The van der Waals surface area contributed by atoms with Crippen LogP contribution in [0.3, 0.4) is 0 Å². The minimum atomic E-state index is -0.498. The first-order valence-corrected chi connectivity index (χ1v) is 12.4. The highest BCUT2D eigenvalue weighted by Gasteiger charge is 2.23. The molecular formula is C24H24N4O4S2. The number of rotatable bonds is 8. The van der Waals surface area contributed by atoms with Gasteiger partial charge in [-0.15, -0.1) is 21.5 Å². The summed E-state index contributed by atoms with van der Waals surface area (Å²) in [5.74, 6) is 0.563. The molecule has 4 aromatic rings. The van der Waals surface area contributed by atoms with Gasteiger partial charge in [0.1, 0.15) is 10.6 Å². The monoisotopic (exact) mass is 496 g/mol. The van der Waals surface area contributed by atoms with Crippen LogP contribution in [0, 0.1) is 6.92 Å². The molecule has 0 aliphatic carbocycles. The number of benzene rings is 1. The average molecular weight is 497 g/mol. The summed E-state index contributed by atoms with van der Waals surface area (Å²) in [7, 11) is 1.33. The molecular weight excluding hydrogens is 472 g/mol. The maximum absolute atomic E-state index is 12.8. The Hall–Kier alpha value is -3.37. The number of ether oxygens (including phenoxy) is 1. The van der Waals surface area contributed by atoms with Gasteiger partial charge in [0.05, 0.1) is 19.1 Å². The van der Waals surface area contributed by atoms with Crippen molar-refractivity contribution in [3.8, 4) is 22.7 Å². The van der Waals surface area contributed by atoms with Crippen LogP contribution in [0.5, 0.6) is 0 Å². The fraction of sp³-hybridized carbons (Fsp3) is 0.250. The Morgan fingerprint density at radius 2 is 1.97 bits per heavy atom. The zero-order valence-electron chi connectivity index (χ0n) is 19.2. The molecule has 0 aliphatic heterocycles. The number of furan rings is 1. The Kier molecular flexibility index (Phi) is 7.18. The number of carbonyl (C=O) groups excluding carboxylic acids is 2. The zero-order valence-corrected chi connectivity index (χ0v) is 20.8. The van der Waals surface area contributed by atoms with Crippen LogP contribution in [0.1, 0.15) is 35.8 Å².